The summed E-state index contributed by atoms with van der Waals surface area (Å²) >= 11 is -0.826. The van der Waals surface area contributed by atoms with Crippen molar-refractivity contribution in [3.8, 4) is 0 Å². The number of halogens is 2. The molecular formula is C12H27Cl2NSiZr. The van der Waals surface area contributed by atoms with Gasteiger partial charge in [-0.15, -0.1) is 5.54 Å². The second kappa shape index (κ2) is 9.53. The molecular weight excluding hydrogens is 348 g/mol. The third kappa shape index (κ3) is 10.1. The van der Waals surface area contributed by atoms with Crippen molar-refractivity contribution in [2.45, 2.75) is 70.6 Å². The molecule has 0 radical (unpaired) electrons. The first-order valence-electron chi connectivity index (χ1n) is 5.93. The molecule has 0 aromatic heterocycles. The van der Waals surface area contributed by atoms with Crippen LogP contribution in [0.4, 0.5) is 0 Å². The molecule has 17 heavy (non-hydrogen) atoms. The van der Waals surface area contributed by atoms with Gasteiger partial charge in [0.2, 0.25) is 0 Å². The van der Waals surface area contributed by atoms with E-state index >= 15 is 0 Å². The Balaban J connectivity index is 0. The molecule has 5 heteroatoms. The van der Waals surface area contributed by atoms with Crippen LogP contribution >= 0.6 is 17.0 Å². The maximum atomic E-state index is 5.06. The van der Waals surface area contributed by atoms with Gasteiger partial charge >= 0.3 is 37.9 Å². The fraction of sp³-hybridized carbons (Fsp3) is 0.917. The van der Waals surface area contributed by atoms with E-state index in [2.05, 4.69) is 33.9 Å². The normalized spacial score (nSPS) is 16.6. The Morgan fingerprint density at radius 1 is 1.12 bits per heavy atom. The second-order valence-corrected chi connectivity index (χ2v) is 14.1. The third-order valence-electron chi connectivity index (χ3n) is 2.98. The first kappa shape index (κ1) is 20.9. The van der Waals surface area contributed by atoms with Gasteiger partial charge in [0.15, 0.2) is 0 Å². The zero-order valence-electron chi connectivity index (χ0n) is 12.1. The van der Waals surface area contributed by atoms with Crippen LogP contribution in [0.1, 0.15) is 46.5 Å². The summed E-state index contributed by atoms with van der Waals surface area (Å²) in [5, 5.41) is 0. The minimum atomic E-state index is -1.28. The Kier molecular flexibility index (Phi) is 11.7. The zero-order chi connectivity index (χ0) is 12.8. The van der Waals surface area contributed by atoms with Crippen molar-refractivity contribution in [2.75, 3.05) is 0 Å². The average molecular weight is 376 g/mol. The molecule has 0 heterocycles. The van der Waals surface area contributed by atoms with E-state index in [9.17, 15) is 0 Å². The summed E-state index contributed by atoms with van der Waals surface area (Å²) in [6.07, 6.45) is 5.78. The predicted molar refractivity (Wildman–Crippen MR) is 80.9 cm³/mol. The summed E-state index contributed by atoms with van der Waals surface area (Å²) in [5.74, 6) is 0. The number of nitrogens with zero attached hydrogens (tertiary/aromatic N) is 1. The third-order valence-corrected chi connectivity index (χ3v) is 6.80. The summed E-state index contributed by atoms with van der Waals surface area (Å²) in [5.41, 5.74) is 1.14. The number of hydrogen-bond acceptors (Lipinski definition) is 0. The molecule has 1 fully saturated rings. The van der Waals surface area contributed by atoms with Gasteiger partial charge < -0.3 is 12.4 Å². The molecule has 0 amide bonds. The van der Waals surface area contributed by atoms with E-state index in [4.69, 9.17) is 22.0 Å². The van der Waals surface area contributed by atoms with E-state index in [-0.39, 0.29) is 13.0 Å². The molecule has 0 bridgehead atoms. The van der Waals surface area contributed by atoms with Crippen LogP contribution in [0.3, 0.4) is 0 Å². The van der Waals surface area contributed by atoms with Crippen molar-refractivity contribution in [3.05, 3.63) is 12.4 Å². The molecule has 0 spiro atoms. The summed E-state index contributed by atoms with van der Waals surface area (Å²) in [4.78, 5) is 5.06. The Labute approximate surface area is 128 Å². The van der Waals surface area contributed by atoms with Crippen molar-refractivity contribution in [2.24, 2.45) is 0 Å². The molecule has 0 unspecified atom stereocenters. The Morgan fingerprint density at radius 3 is 1.76 bits per heavy atom. The van der Waals surface area contributed by atoms with Gasteiger partial charge in [0.05, 0.1) is 0 Å². The van der Waals surface area contributed by atoms with Gasteiger partial charge in [0.1, 0.15) is 0 Å². The standard InChI is InChI=1S/C11H24NSi.CH3.2ClH.Zr/c1-11(2,3)12-13(4,5)10-8-6-7-9-10;;;;/h10H,6-9H2,1-5H3;1H3;2*1H;/q2*-1;;;+4/p-2. The van der Waals surface area contributed by atoms with Gasteiger partial charge in [-0.1, -0.05) is 73.3 Å². The van der Waals surface area contributed by atoms with Gasteiger partial charge in [-0.3, -0.25) is 0 Å². The van der Waals surface area contributed by atoms with Gasteiger partial charge in [0.25, 0.3) is 0 Å². The van der Waals surface area contributed by atoms with Crippen LogP contribution in [0.5, 0.6) is 0 Å². The van der Waals surface area contributed by atoms with Crippen LogP contribution < -0.4 is 0 Å². The average Bonchev–Trinajstić information content (AvgIpc) is 2.51. The fourth-order valence-electron chi connectivity index (χ4n) is 2.59. The quantitative estimate of drug-likeness (QED) is 0.407. The van der Waals surface area contributed by atoms with Crippen LogP contribution in [-0.2, 0) is 20.8 Å². The maximum absolute atomic E-state index is 5.06. The molecule has 0 saturated heterocycles. The van der Waals surface area contributed by atoms with Crippen LogP contribution in [-0.4, -0.2) is 13.8 Å². The minimum absolute atomic E-state index is 0. The molecule has 1 aliphatic carbocycles. The molecule has 102 valence electrons. The molecule has 1 nitrogen and oxygen atoms in total. The van der Waals surface area contributed by atoms with E-state index in [0.717, 1.165) is 5.54 Å². The van der Waals surface area contributed by atoms with E-state index < -0.39 is 29.1 Å². The van der Waals surface area contributed by atoms with Gasteiger partial charge in [0, 0.05) is 0 Å². The van der Waals surface area contributed by atoms with Crippen LogP contribution in [0, 0.1) is 7.43 Å². The Bertz CT molecular complexity index is 189. The van der Waals surface area contributed by atoms with Gasteiger partial charge in [-0.05, 0) is 0 Å². The summed E-state index contributed by atoms with van der Waals surface area (Å²) in [7, 11) is 8.59. The molecule has 0 atom stereocenters. The molecule has 1 saturated carbocycles. The number of hydrogen-bond donors (Lipinski definition) is 0. The van der Waals surface area contributed by atoms with E-state index in [1.54, 1.807) is 0 Å². The summed E-state index contributed by atoms with van der Waals surface area (Å²) < 4.78 is 0. The second-order valence-electron chi connectivity index (χ2n) is 5.99. The molecule has 1 aliphatic rings. The van der Waals surface area contributed by atoms with Crippen LogP contribution in [0.2, 0.25) is 18.6 Å². The summed E-state index contributed by atoms with van der Waals surface area (Å²) in [6, 6.07) is 0. The van der Waals surface area contributed by atoms with Crippen LogP contribution in [0.25, 0.3) is 4.98 Å². The van der Waals surface area contributed by atoms with E-state index in [1.807, 2.05) is 0 Å². The van der Waals surface area contributed by atoms with Crippen molar-refractivity contribution in [1.82, 2.24) is 0 Å². The Hall–Kier alpha value is 1.64. The topological polar surface area (TPSA) is 14.1 Å². The van der Waals surface area contributed by atoms with Gasteiger partial charge in [-0.2, -0.15) is 0 Å². The van der Waals surface area contributed by atoms with Crippen molar-refractivity contribution >= 4 is 25.3 Å². The zero-order valence-corrected chi connectivity index (χ0v) is 17.1. The molecule has 0 aromatic rings. The summed E-state index contributed by atoms with van der Waals surface area (Å²) in [6.45, 7) is 11.6. The van der Waals surface area contributed by atoms with Crippen molar-refractivity contribution < 1.29 is 20.8 Å². The van der Waals surface area contributed by atoms with Crippen molar-refractivity contribution in [3.63, 3.8) is 0 Å². The van der Waals surface area contributed by atoms with Crippen molar-refractivity contribution in [1.29, 1.82) is 0 Å². The number of rotatable bonds is 2. The fourth-order valence-corrected chi connectivity index (χ4v) is 6.32. The van der Waals surface area contributed by atoms with Crippen LogP contribution in [0.15, 0.2) is 0 Å². The monoisotopic (exact) mass is 373 g/mol. The molecule has 1 rings (SSSR count). The molecule has 0 aliphatic heterocycles. The first-order valence-corrected chi connectivity index (χ1v) is 15.3. The predicted octanol–water partition coefficient (Wildman–Crippen LogP) is 6.13. The Morgan fingerprint density at radius 2 is 1.47 bits per heavy atom. The molecule has 0 N–H and O–H groups in total. The first-order chi connectivity index (χ1) is 7.23. The SMILES string of the molecule is CC(C)(C)[N-][Si](C)(C)C1CCCC1.[CH3-].[Cl][Zr+2][Cl]. The van der Waals surface area contributed by atoms with Gasteiger partial charge in [-0.25, -0.2) is 0 Å². The molecule has 0 aromatic carbocycles. The van der Waals surface area contributed by atoms with E-state index in [0.29, 0.717) is 0 Å². The van der Waals surface area contributed by atoms with E-state index in [1.165, 1.54) is 25.7 Å².